The molecule has 0 spiro atoms. The van der Waals surface area contributed by atoms with Gasteiger partial charge in [0.1, 0.15) is 0 Å². The number of carbonyl (C=O) groups is 2. The molecule has 0 saturated heterocycles. The maximum atomic E-state index is 12.2. The summed E-state index contributed by atoms with van der Waals surface area (Å²) in [6, 6.07) is 8.67. The van der Waals surface area contributed by atoms with Crippen molar-refractivity contribution in [3.05, 3.63) is 48.0 Å². The number of carboxylic acids is 1. The van der Waals surface area contributed by atoms with Crippen molar-refractivity contribution in [3.63, 3.8) is 0 Å². The van der Waals surface area contributed by atoms with Crippen molar-refractivity contribution in [1.29, 1.82) is 0 Å². The van der Waals surface area contributed by atoms with E-state index in [4.69, 9.17) is 5.11 Å². The Labute approximate surface area is 130 Å². The van der Waals surface area contributed by atoms with Crippen LogP contribution in [0.3, 0.4) is 0 Å². The highest BCUT2D eigenvalue weighted by molar-refractivity contribution is 5.94. The van der Waals surface area contributed by atoms with Crippen molar-refractivity contribution in [1.82, 2.24) is 4.90 Å². The molecule has 0 aromatic heterocycles. The minimum atomic E-state index is -1.17. The van der Waals surface area contributed by atoms with Crippen LogP contribution in [-0.2, 0) is 9.59 Å². The van der Waals surface area contributed by atoms with Gasteiger partial charge in [0.25, 0.3) is 0 Å². The normalized spacial score (nSPS) is 13.8. The van der Waals surface area contributed by atoms with Gasteiger partial charge in [-0.1, -0.05) is 43.7 Å². The lowest BCUT2D eigenvalue weighted by atomic mass is 10.0. The Kier molecular flexibility index (Phi) is 7.32. The van der Waals surface area contributed by atoms with Crippen LogP contribution in [0, 0.1) is 0 Å². The molecule has 2 unspecified atom stereocenters. The minimum absolute atomic E-state index is 0.404. The SMILES string of the molecule is CCCCN(C(=O)C=CC(=O)O)C(C)C(O)c1ccccc1. The van der Waals surface area contributed by atoms with Crippen molar-refractivity contribution in [2.45, 2.75) is 38.8 Å². The number of hydrogen-bond donors (Lipinski definition) is 2. The highest BCUT2D eigenvalue weighted by atomic mass is 16.4. The lowest BCUT2D eigenvalue weighted by molar-refractivity contribution is -0.133. The van der Waals surface area contributed by atoms with E-state index in [1.165, 1.54) is 4.90 Å². The summed E-state index contributed by atoms with van der Waals surface area (Å²) >= 11 is 0. The Bertz CT molecular complexity index is 513. The van der Waals surface area contributed by atoms with E-state index in [-0.39, 0.29) is 0 Å². The second-order valence-electron chi connectivity index (χ2n) is 5.15. The lowest BCUT2D eigenvalue weighted by Crippen LogP contribution is -2.42. The Hall–Kier alpha value is -2.14. The van der Waals surface area contributed by atoms with Gasteiger partial charge in [0, 0.05) is 18.7 Å². The summed E-state index contributed by atoms with van der Waals surface area (Å²) in [6.07, 6.45) is 2.73. The van der Waals surface area contributed by atoms with Crippen LogP contribution in [0.15, 0.2) is 42.5 Å². The summed E-state index contributed by atoms with van der Waals surface area (Å²) in [5.74, 6) is -1.57. The van der Waals surface area contributed by atoms with Gasteiger partial charge in [-0.3, -0.25) is 4.79 Å². The highest BCUT2D eigenvalue weighted by Crippen LogP contribution is 2.21. The van der Waals surface area contributed by atoms with Crippen molar-refractivity contribution >= 4 is 11.9 Å². The fourth-order valence-electron chi connectivity index (χ4n) is 2.18. The number of nitrogens with zero attached hydrogens (tertiary/aromatic N) is 1. The molecule has 0 aliphatic rings. The Morgan fingerprint density at radius 1 is 1.23 bits per heavy atom. The quantitative estimate of drug-likeness (QED) is 0.723. The zero-order valence-electron chi connectivity index (χ0n) is 13.0. The number of benzene rings is 1. The number of aliphatic hydroxyl groups excluding tert-OH is 1. The molecular formula is C17H23NO4. The number of amides is 1. The van der Waals surface area contributed by atoms with Crippen molar-refractivity contribution in [3.8, 4) is 0 Å². The first-order valence-electron chi connectivity index (χ1n) is 7.42. The van der Waals surface area contributed by atoms with Crippen LogP contribution < -0.4 is 0 Å². The maximum absolute atomic E-state index is 12.2. The van der Waals surface area contributed by atoms with E-state index in [1.807, 2.05) is 25.1 Å². The third kappa shape index (κ3) is 5.33. The second kappa shape index (κ2) is 9.00. The van der Waals surface area contributed by atoms with E-state index in [2.05, 4.69) is 0 Å². The molecule has 5 nitrogen and oxygen atoms in total. The minimum Gasteiger partial charge on any atom is -0.478 e. The average Bonchev–Trinajstić information content (AvgIpc) is 2.53. The number of hydrogen-bond acceptors (Lipinski definition) is 3. The molecule has 120 valence electrons. The zero-order valence-corrected chi connectivity index (χ0v) is 13.0. The molecule has 0 fully saturated rings. The van der Waals surface area contributed by atoms with Gasteiger partial charge in [-0.25, -0.2) is 4.79 Å². The van der Waals surface area contributed by atoms with E-state index in [9.17, 15) is 14.7 Å². The highest BCUT2D eigenvalue weighted by Gasteiger charge is 2.25. The first-order chi connectivity index (χ1) is 10.5. The predicted molar refractivity (Wildman–Crippen MR) is 84.3 cm³/mol. The van der Waals surface area contributed by atoms with Gasteiger partial charge < -0.3 is 15.1 Å². The smallest absolute Gasteiger partial charge is 0.328 e. The Balaban J connectivity index is 2.90. The molecule has 1 rings (SSSR count). The second-order valence-corrected chi connectivity index (χ2v) is 5.15. The third-order valence-electron chi connectivity index (χ3n) is 3.49. The van der Waals surface area contributed by atoms with Crippen LogP contribution in [0.25, 0.3) is 0 Å². The van der Waals surface area contributed by atoms with Crippen LogP contribution >= 0.6 is 0 Å². The fourth-order valence-corrected chi connectivity index (χ4v) is 2.18. The molecule has 1 aromatic rings. The number of carbonyl (C=O) groups excluding carboxylic acids is 1. The van der Waals surface area contributed by atoms with E-state index in [1.54, 1.807) is 19.1 Å². The zero-order chi connectivity index (χ0) is 16.5. The van der Waals surface area contributed by atoms with E-state index in [0.717, 1.165) is 30.6 Å². The molecule has 0 heterocycles. The Morgan fingerprint density at radius 2 is 1.86 bits per heavy atom. The van der Waals surface area contributed by atoms with E-state index >= 15 is 0 Å². The Morgan fingerprint density at radius 3 is 2.41 bits per heavy atom. The summed E-state index contributed by atoms with van der Waals surface area (Å²) in [5.41, 5.74) is 0.728. The maximum Gasteiger partial charge on any atom is 0.328 e. The van der Waals surface area contributed by atoms with Crippen LogP contribution in [-0.4, -0.2) is 39.6 Å². The van der Waals surface area contributed by atoms with Crippen molar-refractivity contribution in [2.24, 2.45) is 0 Å². The molecule has 1 amide bonds. The van der Waals surface area contributed by atoms with Gasteiger partial charge in [-0.15, -0.1) is 0 Å². The van der Waals surface area contributed by atoms with Gasteiger partial charge in [0.2, 0.25) is 5.91 Å². The fraction of sp³-hybridized carbons (Fsp3) is 0.412. The first kappa shape index (κ1) is 17.9. The summed E-state index contributed by atoms with van der Waals surface area (Å²) in [4.78, 5) is 24.3. The number of rotatable bonds is 8. The molecule has 0 radical (unpaired) electrons. The van der Waals surface area contributed by atoms with Gasteiger partial charge in [-0.2, -0.15) is 0 Å². The molecule has 0 bridgehead atoms. The first-order valence-corrected chi connectivity index (χ1v) is 7.42. The van der Waals surface area contributed by atoms with Crippen LogP contribution in [0.1, 0.15) is 38.4 Å². The number of unbranched alkanes of at least 4 members (excludes halogenated alkanes) is 1. The van der Waals surface area contributed by atoms with Gasteiger partial charge in [0.15, 0.2) is 0 Å². The standard InChI is InChI=1S/C17H23NO4/c1-3-4-12-18(15(19)10-11-16(20)21)13(2)17(22)14-8-6-5-7-9-14/h5-11,13,17,22H,3-4,12H2,1-2H3,(H,20,21). The topological polar surface area (TPSA) is 77.8 Å². The molecule has 1 aromatic carbocycles. The largest absolute Gasteiger partial charge is 0.478 e. The van der Waals surface area contributed by atoms with Crippen LogP contribution in [0.2, 0.25) is 0 Å². The molecule has 2 atom stereocenters. The number of aliphatic hydroxyl groups is 1. The summed E-state index contributed by atoms with van der Waals surface area (Å²) in [6.45, 7) is 4.25. The summed E-state index contributed by atoms with van der Waals surface area (Å²) in [7, 11) is 0. The van der Waals surface area contributed by atoms with Gasteiger partial charge in [-0.05, 0) is 18.9 Å². The van der Waals surface area contributed by atoms with Crippen molar-refractivity contribution in [2.75, 3.05) is 6.54 Å². The average molecular weight is 305 g/mol. The van der Waals surface area contributed by atoms with E-state index < -0.39 is 24.0 Å². The van der Waals surface area contributed by atoms with Crippen LogP contribution in [0.4, 0.5) is 0 Å². The molecule has 2 N–H and O–H groups in total. The summed E-state index contributed by atoms with van der Waals surface area (Å²) in [5, 5.41) is 19.1. The molecular weight excluding hydrogens is 282 g/mol. The van der Waals surface area contributed by atoms with Gasteiger partial charge >= 0.3 is 5.97 Å². The van der Waals surface area contributed by atoms with Crippen molar-refractivity contribution < 1.29 is 19.8 Å². The molecule has 0 aliphatic carbocycles. The molecule has 0 aliphatic heterocycles. The van der Waals surface area contributed by atoms with Gasteiger partial charge in [0.05, 0.1) is 12.1 Å². The monoisotopic (exact) mass is 305 g/mol. The predicted octanol–water partition coefficient (Wildman–Crippen LogP) is 2.38. The molecule has 5 heteroatoms. The summed E-state index contributed by atoms with van der Waals surface area (Å²) < 4.78 is 0. The van der Waals surface area contributed by atoms with E-state index in [0.29, 0.717) is 6.54 Å². The third-order valence-corrected chi connectivity index (χ3v) is 3.49. The number of aliphatic carboxylic acids is 1. The molecule has 22 heavy (non-hydrogen) atoms. The lowest BCUT2D eigenvalue weighted by Gasteiger charge is -2.32. The number of carboxylic acid groups (broad SMARTS) is 1. The van der Waals surface area contributed by atoms with Crippen LogP contribution in [0.5, 0.6) is 0 Å². The molecule has 0 saturated carbocycles.